The van der Waals surface area contributed by atoms with E-state index < -0.39 is 0 Å². The molecule has 3 heterocycles. The van der Waals surface area contributed by atoms with E-state index in [1.807, 2.05) is 24.0 Å². The molecule has 0 bridgehead atoms. The lowest BCUT2D eigenvalue weighted by Crippen LogP contribution is -2.38. The van der Waals surface area contributed by atoms with E-state index in [1.165, 1.54) is 22.4 Å². The number of carbonyl (C=O) groups excluding carboxylic acids is 1. The van der Waals surface area contributed by atoms with Crippen LogP contribution in [0.5, 0.6) is 0 Å². The van der Waals surface area contributed by atoms with E-state index in [0.717, 1.165) is 67.8 Å². The average molecular weight is 439 g/mol. The van der Waals surface area contributed by atoms with E-state index in [4.69, 9.17) is 5.26 Å². The molecule has 1 amide bonds. The van der Waals surface area contributed by atoms with Crippen LogP contribution in [0.1, 0.15) is 62.6 Å². The van der Waals surface area contributed by atoms with Crippen LogP contribution in [0.4, 0.5) is 0 Å². The van der Waals surface area contributed by atoms with Gasteiger partial charge in [0.1, 0.15) is 0 Å². The maximum absolute atomic E-state index is 13.5. The van der Waals surface area contributed by atoms with Gasteiger partial charge in [-0.25, -0.2) is 0 Å². The zero-order valence-electron chi connectivity index (χ0n) is 19.4. The highest BCUT2D eigenvalue weighted by Gasteiger charge is 2.26. The number of fused-ring (bicyclic) bond motifs is 1. The smallest absolute Gasteiger partial charge is 0.254 e. The number of amides is 1. The van der Waals surface area contributed by atoms with Gasteiger partial charge in [0.05, 0.1) is 11.6 Å². The maximum atomic E-state index is 13.5. The van der Waals surface area contributed by atoms with Crippen molar-refractivity contribution < 1.29 is 4.79 Å². The Kier molecular flexibility index (Phi) is 5.78. The second-order valence-corrected chi connectivity index (χ2v) is 9.40. The molecule has 2 aromatic carbocycles. The summed E-state index contributed by atoms with van der Waals surface area (Å²) in [5.74, 6) is 0.570. The van der Waals surface area contributed by atoms with Crippen LogP contribution in [0, 0.1) is 25.2 Å². The predicted octanol–water partition coefficient (Wildman–Crippen LogP) is 4.84. The highest BCUT2D eigenvalue weighted by Crippen LogP contribution is 2.32. The molecule has 1 aromatic heterocycles. The summed E-state index contributed by atoms with van der Waals surface area (Å²) in [6.07, 6.45) is 2.91. The number of carbonyl (C=O) groups is 1. The van der Waals surface area contributed by atoms with Crippen LogP contribution < -0.4 is 5.32 Å². The van der Waals surface area contributed by atoms with Gasteiger partial charge >= 0.3 is 0 Å². The summed E-state index contributed by atoms with van der Waals surface area (Å²) in [7, 11) is 0. The molecule has 5 heteroatoms. The minimum atomic E-state index is 0.130. The van der Waals surface area contributed by atoms with Gasteiger partial charge < -0.3 is 15.2 Å². The molecule has 0 radical (unpaired) electrons. The molecule has 0 aliphatic carbocycles. The van der Waals surface area contributed by atoms with Gasteiger partial charge in [-0.3, -0.25) is 4.79 Å². The third kappa shape index (κ3) is 4.19. The second-order valence-electron chi connectivity index (χ2n) is 9.40. The Bertz CT molecular complexity index is 1200. The Morgan fingerprint density at radius 1 is 1.06 bits per heavy atom. The van der Waals surface area contributed by atoms with Gasteiger partial charge in [-0.15, -0.1) is 0 Å². The summed E-state index contributed by atoms with van der Waals surface area (Å²) in [5, 5.41) is 12.4. The number of piperidine rings is 1. The van der Waals surface area contributed by atoms with Gasteiger partial charge in [-0.05, 0) is 79.1 Å². The first kappa shape index (κ1) is 21.5. The molecule has 2 aliphatic rings. The van der Waals surface area contributed by atoms with Gasteiger partial charge in [0.15, 0.2) is 0 Å². The molecule has 0 saturated carbocycles. The molecule has 2 aliphatic heterocycles. The summed E-state index contributed by atoms with van der Waals surface area (Å²) < 4.78 is 0. The predicted molar refractivity (Wildman–Crippen MR) is 130 cm³/mol. The first-order valence-electron chi connectivity index (χ1n) is 11.9. The number of aryl methyl sites for hydroxylation is 2. The first-order chi connectivity index (χ1) is 16.0. The second kappa shape index (κ2) is 8.88. The number of rotatable bonds is 3. The summed E-state index contributed by atoms with van der Waals surface area (Å²) in [5.41, 5.74) is 9.84. The molecule has 0 unspecified atom stereocenters. The lowest BCUT2D eigenvalue weighted by Gasteiger charge is -2.33. The number of nitriles is 1. The van der Waals surface area contributed by atoms with Crippen LogP contribution in [-0.2, 0) is 13.0 Å². The number of aromatic nitrogens is 1. The van der Waals surface area contributed by atoms with E-state index in [2.05, 4.69) is 53.6 Å². The van der Waals surface area contributed by atoms with Crippen molar-refractivity contribution in [1.82, 2.24) is 15.2 Å². The minimum absolute atomic E-state index is 0.130. The first-order valence-corrected chi connectivity index (χ1v) is 11.9. The van der Waals surface area contributed by atoms with Gasteiger partial charge in [0, 0.05) is 55.1 Å². The zero-order valence-corrected chi connectivity index (χ0v) is 19.4. The Hall–Kier alpha value is -3.36. The molecule has 168 valence electrons. The van der Waals surface area contributed by atoms with Gasteiger partial charge in [0.25, 0.3) is 5.91 Å². The molecule has 33 heavy (non-hydrogen) atoms. The Labute approximate surface area is 195 Å². The fraction of sp³-hybridized carbons (Fsp3) is 0.357. The number of likely N-dealkylation sites (tertiary alicyclic amines) is 1. The van der Waals surface area contributed by atoms with Crippen molar-refractivity contribution in [3.05, 3.63) is 81.5 Å². The fourth-order valence-electron chi connectivity index (χ4n) is 5.29. The average Bonchev–Trinajstić information content (AvgIpc) is 3.28. The van der Waals surface area contributed by atoms with Crippen molar-refractivity contribution in [2.75, 3.05) is 19.6 Å². The molecule has 0 spiro atoms. The number of hydrogen-bond donors (Lipinski definition) is 2. The zero-order chi connectivity index (χ0) is 22.9. The van der Waals surface area contributed by atoms with Crippen molar-refractivity contribution in [3.63, 3.8) is 0 Å². The molecule has 1 fully saturated rings. The molecular formula is C28H30N4O. The van der Waals surface area contributed by atoms with E-state index in [9.17, 15) is 4.79 Å². The quantitative estimate of drug-likeness (QED) is 0.615. The fourth-order valence-corrected chi connectivity index (χ4v) is 5.29. The lowest BCUT2D eigenvalue weighted by molar-refractivity contribution is 0.0712. The topological polar surface area (TPSA) is 71.9 Å². The van der Waals surface area contributed by atoms with Crippen LogP contribution in [0.3, 0.4) is 0 Å². The summed E-state index contributed by atoms with van der Waals surface area (Å²) in [4.78, 5) is 19.1. The third-order valence-electron chi connectivity index (χ3n) is 7.24. The van der Waals surface area contributed by atoms with Crippen LogP contribution in [-0.4, -0.2) is 35.4 Å². The summed E-state index contributed by atoms with van der Waals surface area (Å²) in [6, 6.07) is 16.5. The Balaban J connectivity index is 1.34. The van der Waals surface area contributed by atoms with Crippen molar-refractivity contribution >= 4 is 5.91 Å². The standard InChI is InChI=1S/C28H30N4O/c1-18-13-19(2)25(15-24(18)27-14-23-17-30-10-7-26(23)31-27)28(33)32-11-8-22(9-12-32)21-5-3-20(16-29)4-6-21/h3-6,13-15,22,30-31H,7-12,17H2,1-2H3. The van der Waals surface area contributed by atoms with Crippen molar-refractivity contribution in [3.8, 4) is 17.3 Å². The van der Waals surface area contributed by atoms with E-state index >= 15 is 0 Å². The number of benzene rings is 2. The van der Waals surface area contributed by atoms with Crippen LogP contribution in [0.15, 0.2) is 42.5 Å². The molecule has 5 nitrogen and oxygen atoms in total. The number of aromatic amines is 1. The van der Waals surface area contributed by atoms with E-state index in [0.29, 0.717) is 11.5 Å². The number of nitrogens with one attached hydrogen (secondary N) is 2. The minimum Gasteiger partial charge on any atom is -0.358 e. The SMILES string of the molecule is Cc1cc(C)c(-c2cc3c([nH]2)CCNC3)cc1C(=O)N1CCC(c2ccc(C#N)cc2)CC1. The molecule has 3 aromatic rings. The molecule has 2 N–H and O–H groups in total. The number of nitrogens with zero attached hydrogens (tertiary/aromatic N) is 2. The van der Waals surface area contributed by atoms with Crippen LogP contribution in [0.25, 0.3) is 11.3 Å². The highest BCUT2D eigenvalue weighted by atomic mass is 16.2. The normalized spacial score (nSPS) is 16.3. The molecular weight excluding hydrogens is 408 g/mol. The Morgan fingerprint density at radius 2 is 1.82 bits per heavy atom. The number of hydrogen-bond acceptors (Lipinski definition) is 3. The van der Waals surface area contributed by atoms with E-state index in [1.54, 1.807) is 0 Å². The van der Waals surface area contributed by atoms with Crippen molar-refractivity contribution in [1.29, 1.82) is 5.26 Å². The van der Waals surface area contributed by atoms with Gasteiger partial charge in [0.2, 0.25) is 0 Å². The summed E-state index contributed by atoms with van der Waals surface area (Å²) in [6.45, 7) is 7.58. The third-order valence-corrected chi connectivity index (χ3v) is 7.24. The lowest BCUT2D eigenvalue weighted by atomic mass is 9.88. The maximum Gasteiger partial charge on any atom is 0.254 e. The summed E-state index contributed by atoms with van der Waals surface area (Å²) >= 11 is 0. The van der Waals surface area contributed by atoms with Crippen molar-refractivity contribution in [2.45, 2.75) is 45.6 Å². The highest BCUT2D eigenvalue weighted by molar-refractivity contribution is 5.97. The molecule has 1 saturated heterocycles. The van der Waals surface area contributed by atoms with Crippen LogP contribution in [0.2, 0.25) is 0 Å². The molecule has 0 atom stereocenters. The Morgan fingerprint density at radius 3 is 2.52 bits per heavy atom. The van der Waals surface area contributed by atoms with Crippen molar-refractivity contribution in [2.24, 2.45) is 0 Å². The van der Waals surface area contributed by atoms with Gasteiger partial charge in [-0.2, -0.15) is 5.26 Å². The largest absolute Gasteiger partial charge is 0.358 e. The monoisotopic (exact) mass is 438 g/mol. The number of H-pyrrole nitrogens is 1. The van der Waals surface area contributed by atoms with Crippen LogP contribution >= 0.6 is 0 Å². The molecule has 5 rings (SSSR count). The van der Waals surface area contributed by atoms with Gasteiger partial charge in [-0.1, -0.05) is 18.2 Å². The van der Waals surface area contributed by atoms with E-state index in [-0.39, 0.29) is 5.91 Å².